The molecule has 1 unspecified atom stereocenters. The molecule has 0 bridgehead atoms. The lowest BCUT2D eigenvalue weighted by atomic mass is 10.2. The third kappa shape index (κ3) is 5.27. The lowest BCUT2D eigenvalue weighted by Crippen LogP contribution is -2.30. The summed E-state index contributed by atoms with van der Waals surface area (Å²) in [7, 11) is -3.44. The molecule has 0 aliphatic heterocycles. The highest BCUT2D eigenvalue weighted by atomic mass is 32.2. The summed E-state index contributed by atoms with van der Waals surface area (Å²) in [5.41, 5.74) is 1.70. The van der Waals surface area contributed by atoms with Gasteiger partial charge in [0.2, 0.25) is 10.0 Å². The Labute approximate surface area is 141 Å². The van der Waals surface area contributed by atoms with Gasteiger partial charge < -0.3 is 10.1 Å². The van der Waals surface area contributed by atoms with E-state index in [4.69, 9.17) is 4.74 Å². The smallest absolute Gasteiger partial charge is 0.265 e. The van der Waals surface area contributed by atoms with E-state index >= 15 is 0 Å². The van der Waals surface area contributed by atoms with Crippen molar-refractivity contribution in [2.75, 3.05) is 16.3 Å². The molecular weight excluding hydrogens is 328 g/mol. The van der Waals surface area contributed by atoms with E-state index in [9.17, 15) is 13.2 Å². The van der Waals surface area contributed by atoms with Crippen molar-refractivity contribution in [2.45, 2.75) is 20.0 Å². The molecule has 0 fully saturated rings. The number of carbonyl (C=O) groups excluding carboxylic acids is 1. The van der Waals surface area contributed by atoms with Crippen LogP contribution < -0.4 is 14.8 Å². The average molecular weight is 348 g/mol. The first-order valence-corrected chi connectivity index (χ1v) is 9.25. The van der Waals surface area contributed by atoms with Crippen molar-refractivity contribution in [3.63, 3.8) is 0 Å². The van der Waals surface area contributed by atoms with Crippen molar-refractivity contribution in [2.24, 2.45) is 0 Å². The zero-order valence-corrected chi connectivity index (χ0v) is 14.6. The number of nitrogens with one attached hydrogen (secondary N) is 2. The second kappa shape index (κ2) is 7.35. The third-order valence-corrected chi connectivity index (χ3v) is 3.74. The molecule has 6 nitrogen and oxygen atoms in total. The number of sulfonamides is 1. The number of para-hydroxylation sites is 2. The Kier molecular flexibility index (Phi) is 5.46. The molecule has 0 spiro atoms. The number of anilines is 2. The number of rotatable bonds is 6. The van der Waals surface area contributed by atoms with Crippen molar-refractivity contribution in [1.29, 1.82) is 0 Å². The van der Waals surface area contributed by atoms with Crippen molar-refractivity contribution in [3.05, 3.63) is 54.1 Å². The van der Waals surface area contributed by atoms with Gasteiger partial charge in [-0.2, -0.15) is 0 Å². The van der Waals surface area contributed by atoms with E-state index in [2.05, 4.69) is 10.0 Å². The third-order valence-electron chi connectivity index (χ3n) is 3.15. The van der Waals surface area contributed by atoms with Crippen LogP contribution in [0.15, 0.2) is 48.5 Å². The van der Waals surface area contributed by atoms with Crippen molar-refractivity contribution >= 4 is 27.3 Å². The Bertz CT molecular complexity index is 834. The number of hydrogen-bond donors (Lipinski definition) is 2. The fraction of sp³-hybridized carbons (Fsp3) is 0.235. The molecule has 0 aliphatic rings. The summed E-state index contributed by atoms with van der Waals surface area (Å²) < 4.78 is 30.8. The van der Waals surface area contributed by atoms with Crippen LogP contribution in [0, 0.1) is 6.92 Å². The molecule has 2 aromatic carbocycles. The predicted molar refractivity (Wildman–Crippen MR) is 94.8 cm³/mol. The number of benzene rings is 2. The molecule has 2 rings (SSSR count). The predicted octanol–water partition coefficient (Wildman–Crippen LogP) is 2.77. The maximum absolute atomic E-state index is 12.3. The molecule has 0 heterocycles. The standard InChI is InChI=1S/C17H20N2O4S/c1-12-7-6-8-14(11-12)23-13(2)17(20)18-15-9-4-5-10-16(15)19-24(3,21)22/h4-11,13,19H,1-3H3,(H,18,20). The fourth-order valence-electron chi connectivity index (χ4n) is 2.06. The van der Waals surface area contributed by atoms with Crippen LogP contribution in [0.2, 0.25) is 0 Å². The molecule has 2 N–H and O–H groups in total. The molecule has 128 valence electrons. The zero-order valence-electron chi connectivity index (χ0n) is 13.7. The van der Waals surface area contributed by atoms with Crippen LogP contribution in [-0.2, 0) is 14.8 Å². The lowest BCUT2D eigenvalue weighted by Gasteiger charge is -2.17. The summed E-state index contributed by atoms with van der Waals surface area (Å²) in [4.78, 5) is 12.3. The van der Waals surface area contributed by atoms with E-state index in [0.717, 1.165) is 11.8 Å². The Morgan fingerprint density at radius 3 is 2.38 bits per heavy atom. The number of ether oxygens (including phenoxy) is 1. The van der Waals surface area contributed by atoms with Gasteiger partial charge in [0.1, 0.15) is 5.75 Å². The summed E-state index contributed by atoms with van der Waals surface area (Å²) >= 11 is 0. The van der Waals surface area contributed by atoms with Crippen LogP contribution >= 0.6 is 0 Å². The van der Waals surface area contributed by atoms with Gasteiger partial charge in [-0.1, -0.05) is 24.3 Å². The van der Waals surface area contributed by atoms with Crippen molar-refractivity contribution in [3.8, 4) is 5.75 Å². The highest BCUT2D eigenvalue weighted by molar-refractivity contribution is 7.92. The minimum absolute atomic E-state index is 0.302. The van der Waals surface area contributed by atoms with E-state index in [-0.39, 0.29) is 5.91 Å². The maximum Gasteiger partial charge on any atom is 0.265 e. The first kappa shape index (κ1) is 17.8. The Morgan fingerprint density at radius 2 is 1.75 bits per heavy atom. The molecular formula is C17H20N2O4S. The van der Waals surface area contributed by atoms with Gasteiger partial charge >= 0.3 is 0 Å². The number of hydrogen-bond acceptors (Lipinski definition) is 4. The summed E-state index contributed by atoms with van der Waals surface area (Å²) in [5.74, 6) is 0.222. The number of carbonyl (C=O) groups is 1. The van der Waals surface area contributed by atoms with Gasteiger partial charge in [-0.3, -0.25) is 9.52 Å². The van der Waals surface area contributed by atoms with Gasteiger partial charge in [0.15, 0.2) is 6.10 Å². The van der Waals surface area contributed by atoms with E-state index in [0.29, 0.717) is 17.1 Å². The Morgan fingerprint density at radius 1 is 1.08 bits per heavy atom. The SMILES string of the molecule is Cc1cccc(OC(C)C(=O)Nc2ccccc2NS(C)(=O)=O)c1. The Balaban J connectivity index is 2.09. The van der Waals surface area contributed by atoms with Gasteiger partial charge in [0, 0.05) is 0 Å². The molecule has 0 aliphatic carbocycles. The molecule has 0 saturated heterocycles. The minimum atomic E-state index is -3.44. The maximum atomic E-state index is 12.3. The first-order valence-electron chi connectivity index (χ1n) is 7.35. The second-order valence-electron chi connectivity index (χ2n) is 5.49. The van der Waals surface area contributed by atoms with Crippen LogP contribution in [0.3, 0.4) is 0 Å². The largest absolute Gasteiger partial charge is 0.481 e. The highest BCUT2D eigenvalue weighted by Gasteiger charge is 2.17. The van der Waals surface area contributed by atoms with Crippen LogP contribution in [0.25, 0.3) is 0 Å². The van der Waals surface area contributed by atoms with Crippen LogP contribution in [0.4, 0.5) is 11.4 Å². The molecule has 0 aromatic heterocycles. The summed E-state index contributed by atoms with van der Waals surface area (Å²) in [6, 6.07) is 14.0. The van der Waals surface area contributed by atoms with Gasteiger partial charge in [0.25, 0.3) is 5.91 Å². The molecule has 24 heavy (non-hydrogen) atoms. The van der Waals surface area contributed by atoms with Crippen LogP contribution in [0.5, 0.6) is 5.75 Å². The minimum Gasteiger partial charge on any atom is -0.481 e. The van der Waals surface area contributed by atoms with E-state index in [1.165, 1.54) is 0 Å². The lowest BCUT2D eigenvalue weighted by molar-refractivity contribution is -0.122. The molecule has 0 saturated carbocycles. The molecule has 2 aromatic rings. The molecule has 0 radical (unpaired) electrons. The van der Waals surface area contributed by atoms with Gasteiger partial charge in [-0.05, 0) is 43.7 Å². The zero-order chi connectivity index (χ0) is 17.7. The summed E-state index contributed by atoms with van der Waals surface area (Å²) in [6.07, 6.45) is 0.313. The molecule has 7 heteroatoms. The molecule has 1 atom stereocenters. The van der Waals surface area contributed by atoms with E-state index in [1.54, 1.807) is 37.3 Å². The molecule has 1 amide bonds. The summed E-state index contributed by atoms with van der Waals surface area (Å²) in [6.45, 7) is 3.56. The van der Waals surface area contributed by atoms with Gasteiger partial charge in [-0.15, -0.1) is 0 Å². The quantitative estimate of drug-likeness (QED) is 0.841. The number of aryl methyl sites for hydroxylation is 1. The van der Waals surface area contributed by atoms with E-state index < -0.39 is 16.1 Å². The highest BCUT2D eigenvalue weighted by Crippen LogP contribution is 2.22. The van der Waals surface area contributed by atoms with Crippen molar-refractivity contribution < 1.29 is 17.9 Å². The Hall–Kier alpha value is -2.54. The van der Waals surface area contributed by atoms with Gasteiger partial charge in [0.05, 0.1) is 17.6 Å². The summed E-state index contributed by atoms with van der Waals surface area (Å²) in [5, 5.41) is 2.68. The second-order valence-corrected chi connectivity index (χ2v) is 7.23. The topological polar surface area (TPSA) is 84.5 Å². The van der Waals surface area contributed by atoms with E-state index in [1.807, 2.05) is 25.1 Å². The first-order chi connectivity index (χ1) is 11.2. The van der Waals surface area contributed by atoms with Crippen LogP contribution in [-0.4, -0.2) is 26.7 Å². The average Bonchev–Trinajstić information content (AvgIpc) is 2.47. The monoisotopic (exact) mass is 348 g/mol. The van der Waals surface area contributed by atoms with Gasteiger partial charge in [-0.25, -0.2) is 8.42 Å². The fourth-order valence-corrected chi connectivity index (χ4v) is 2.64. The van der Waals surface area contributed by atoms with Crippen molar-refractivity contribution in [1.82, 2.24) is 0 Å². The van der Waals surface area contributed by atoms with Crippen LogP contribution in [0.1, 0.15) is 12.5 Å². The number of amides is 1. The normalized spacial score (nSPS) is 12.3.